The van der Waals surface area contributed by atoms with E-state index in [-0.39, 0.29) is 24.5 Å². The summed E-state index contributed by atoms with van der Waals surface area (Å²) in [6.45, 7) is 4.32. The van der Waals surface area contributed by atoms with Gasteiger partial charge in [-0.25, -0.2) is 23.3 Å². The first-order chi connectivity index (χ1) is 6.34. The molecule has 0 bridgehead atoms. The predicted octanol–water partition coefficient (Wildman–Crippen LogP) is 4.23. The Bertz CT molecular complexity index is 257. The molecule has 0 fully saturated rings. The maximum absolute atomic E-state index is 3.18. The van der Waals surface area contributed by atoms with Crippen molar-refractivity contribution in [3.63, 3.8) is 0 Å². The van der Waals surface area contributed by atoms with Crippen molar-refractivity contribution in [2.75, 3.05) is 0 Å². The van der Waals surface area contributed by atoms with Gasteiger partial charge >= 0.3 is 17.1 Å². The molecule has 1 heteroatoms. The van der Waals surface area contributed by atoms with Crippen LogP contribution in [-0.2, 0) is 17.1 Å². The third-order valence-electron chi connectivity index (χ3n) is 2.21. The molecule has 0 spiro atoms. The van der Waals surface area contributed by atoms with E-state index in [1.54, 1.807) is 5.57 Å². The van der Waals surface area contributed by atoms with E-state index in [1.807, 2.05) is 12.2 Å². The zero-order valence-corrected chi connectivity index (χ0v) is 10.9. The van der Waals surface area contributed by atoms with Gasteiger partial charge in [-0.2, -0.15) is 12.2 Å². The van der Waals surface area contributed by atoms with Gasteiger partial charge in [0.1, 0.15) is 0 Å². The molecule has 0 atom stereocenters. The van der Waals surface area contributed by atoms with Gasteiger partial charge in [0.25, 0.3) is 0 Å². The Hall–Kier alpha value is -0.521. The Kier molecular flexibility index (Phi) is 11.3. The third kappa shape index (κ3) is 6.54. The van der Waals surface area contributed by atoms with Crippen LogP contribution in [0.1, 0.15) is 33.1 Å². The Morgan fingerprint density at radius 3 is 2.33 bits per heavy atom. The minimum atomic E-state index is 0. The monoisotopic (exact) mass is 243 g/mol. The molecule has 0 aliphatic heterocycles. The molecule has 0 aromatic rings. The Labute approximate surface area is 105 Å². The smallest absolute Gasteiger partial charge is 0.358 e. The molecule has 0 N–H and O–H groups in total. The summed E-state index contributed by atoms with van der Waals surface area (Å²) in [5.74, 6) is 0. The SMILES string of the molecule is CCC1=C(C)[C-]=CC1.[C-]1=CC=CC1.[CH3-].[Fe+3]. The third-order valence-corrected chi connectivity index (χ3v) is 2.21. The molecule has 0 saturated carbocycles. The van der Waals surface area contributed by atoms with Gasteiger partial charge in [0, 0.05) is 0 Å². The predicted molar refractivity (Wildman–Crippen MR) is 63.4 cm³/mol. The van der Waals surface area contributed by atoms with E-state index >= 15 is 0 Å². The minimum Gasteiger partial charge on any atom is -0.358 e. The first kappa shape index (κ1) is 16.9. The van der Waals surface area contributed by atoms with Gasteiger partial charge in [0.2, 0.25) is 0 Å². The van der Waals surface area contributed by atoms with Gasteiger partial charge in [0.15, 0.2) is 0 Å². The van der Waals surface area contributed by atoms with Crippen LogP contribution in [0.5, 0.6) is 0 Å². The van der Waals surface area contributed by atoms with Crippen molar-refractivity contribution in [2.24, 2.45) is 0 Å². The van der Waals surface area contributed by atoms with E-state index in [1.165, 1.54) is 12.0 Å². The molecule has 0 unspecified atom stereocenters. The Balaban J connectivity index is 0. The molecular formula is C14H19Fe. The quantitative estimate of drug-likeness (QED) is 0.477. The standard InChI is InChI=1S/C8H11.C5H5.CH3.Fe/c1-3-8-6-4-5-7(8)2;1-2-4-5-3-1;;/h4H,3,6H2,1-2H3;1-3H,4H2;1H3;/q3*-1;+3. The van der Waals surface area contributed by atoms with Crippen molar-refractivity contribution in [1.82, 2.24) is 0 Å². The second kappa shape index (κ2) is 10.0. The Morgan fingerprint density at radius 1 is 1.40 bits per heavy atom. The summed E-state index contributed by atoms with van der Waals surface area (Å²) in [6.07, 6.45) is 17.6. The molecule has 0 aromatic heterocycles. The molecule has 2 rings (SSSR count). The number of rotatable bonds is 1. The first-order valence-electron chi connectivity index (χ1n) is 4.83. The van der Waals surface area contributed by atoms with E-state index < -0.39 is 0 Å². The summed E-state index contributed by atoms with van der Waals surface area (Å²) in [5.41, 5.74) is 2.90. The van der Waals surface area contributed by atoms with Crippen LogP contribution in [0.2, 0.25) is 0 Å². The topological polar surface area (TPSA) is 0 Å². The van der Waals surface area contributed by atoms with Crippen LogP contribution in [0.3, 0.4) is 0 Å². The average molecular weight is 243 g/mol. The average Bonchev–Trinajstić information content (AvgIpc) is 2.76. The molecule has 0 saturated heterocycles. The molecule has 0 aromatic carbocycles. The molecule has 15 heavy (non-hydrogen) atoms. The van der Waals surface area contributed by atoms with Crippen molar-refractivity contribution in [1.29, 1.82) is 0 Å². The van der Waals surface area contributed by atoms with Gasteiger partial charge < -0.3 is 7.43 Å². The molecule has 83 valence electrons. The van der Waals surface area contributed by atoms with Gasteiger partial charge in [-0.05, 0) is 0 Å². The summed E-state index contributed by atoms with van der Waals surface area (Å²) >= 11 is 0. The largest absolute Gasteiger partial charge is 3.00 e. The van der Waals surface area contributed by atoms with Crippen LogP contribution in [0.25, 0.3) is 0 Å². The Morgan fingerprint density at radius 2 is 2.13 bits per heavy atom. The van der Waals surface area contributed by atoms with Crippen LogP contribution < -0.4 is 0 Å². The number of allylic oxidation sites excluding steroid dienone is 8. The molecule has 2 aliphatic carbocycles. The van der Waals surface area contributed by atoms with Crippen molar-refractivity contribution in [3.8, 4) is 0 Å². The number of hydrogen-bond acceptors (Lipinski definition) is 0. The van der Waals surface area contributed by atoms with Gasteiger partial charge in [-0.1, -0.05) is 20.3 Å². The summed E-state index contributed by atoms with van der Waals surface area (Å²) in [4.78, 5) is 0. The van der Waals surface area contributed by atoms with Crippen LogP contribution in [0, 0.1) is 19.6 Å². The molecule has 0 amide bonds. The second-order valence-corrected chi connectivity index (χ2v) is 3.14. The normalized spacial score (nSPS) is 15.6. The van der Waals surface area contributed by atoms with E-state index in [2.05, 4.69) is 38.2 Å². The summed E-state index contributed by atoms with van der Waals surface area (Å²) in [5, 5.41) is 0. The van der Waals surface area contributed by atoms with Crippen molar-refractivity contribution in [2.45, 2.75) is 33.1 Å². The molecular weight excluding hydrogens is 224 g/mol. The maximum Gasteiger partial charge on any atom is 3.00 e. The number of hydrogen-bond donors (Lipinski definition) is 0. The fourth-order valence-corrected chi connectivity index (χ4v) is 1.33. The van der Waals surface area contributed by atoms with Gasteiger partial charge in [0.05, 0.1) is 0 Å². The fraction of sp³-hybridized carbons (Fsp3) is 0.357. The second-order valence-electron chi connectivity index (χ2n) is 3.14. The van der Waals surface area contributed by atoms with Crippen LogP contribution in [-0.4, -0.2) is 0 Å². The zero-order valence-electron chi connectivity index (χ0n) is 9.78. The van der Waals surface area contributed by atoms with Crippen LogP contribution in [0.15, 0.2) is 35.5 Å². The van der Waals surface area contributed by atoms with Crippen molar-refractivity contribution < 1.29 is 17.1 Å². The van der Waals surface area contributed by atoms with E-state index in [0.29, 0.717) is 0 Å². The molecule has 1 radical (unpaired) electrons. The summed E-state index contributed by atoms with van der Waals surface area (Å²) < 4.78 is 0. The van der Waals surface area contributed by atoms with Gasteiger partial charge in [-0.3, -0.25) is 12.2 Å². The van der Waals surface area contributed by atoms with E-state index in [0.717, 1.165) is 12.8 Å². The van der Waals surface area contributed by atoms with Gasteiger partial charge in [-0.15, -0.1) is 12.8 Å². The summed E-state index contributed by atoms with van der Waals surface area (Å²) in [7, 11) is 0. The maximum atomic E-state index is 3.18. The van der Waals surface area contributed by atoms with E-state index in [9.17, 15) is 0 Å². The first-order valence-corrected chi connectivity index (χ1v) is 4.83. The molecule has 0 heterocycles. The minimum absolute atomic E-state index is 0. The van der Waals surface area contributed by atoms with Crippen molar-refractivity contribution in [3.05, 3.63) is 55.0 Å². The van der Waals surface area contributed by atoms with Crippen molar-refractivity contribution >= 4 is 0 Å². The van der Waals surface area contributed by atoms with E-state index in [4.69, 9.17) is 0 Å². The molecule has 2 aliphatic rings. The fourth-order valence-electron chi connectivity index (χ4n) is 1.33. The van der Waals surface area contributed by atoms with Crippen LogP contribution >= 0.6 is 0 Å². The molecule has 0 nitrogen and oxygen atoms in total. The van der Waals surface area contributed by atoms with Crippen LogP contribution in [0.4, 0.5) is 0 Å². The summed E-state index contributed by atoms with van der Waals surface area (Å²) in [6, 6.07) is 0. The zero-order chi connectivity index (χ0) is 9.52.